The molecule has 79 heavy (non-hydrogen) atoms. The molecule has 4 aromatic carbocycles. The van der Waals surface area contributed by atoms with Crippen molar-refractivity contribution in [3.8, 4) is 0 Å². The molecule has 426 valence electrons. The van der Waals surface area contributed by atoms with Gasteiger partial charge in [0.05, 0.1) is 44.5 Å². The van der Waals surface area contributed by atoms with Crippen molar-refractivity contribution in [1.29, 1.82) is 0 Å². The van der Waals surface area contributed by atoms with Crippen molar-refractivity contribution in [2.75, 3.05) is 18.8 Å². The van der Waals surface area contributed by atoms with Crippen molar-refractivity contribution in [3.63, 3.8) is 0 Å². The van der Waals surface area contributed by atoms with Gasteiger partial charge in [-0.3, -0.25) is 14.4 Å². The molecule has 20 nitrogen and oxygen atoms in total. The van der Waals surface area contributed by atoms with E-state index in [1.807, 2.05) is 0 Å². The second-order valence-electron chi connectivity index (χ2n) is 20.4. The van der Waals surface area contributed by atoms with E-state index in [1.165, 1.54) is 53.9 Å². The topological polar surface area (TPSA) is 315 Å². The third-order valence-electron chi connectivity index (χ3n) is 9.51. The zero-order valence-corrected chi connectivity index (χ0v) is 48.3. The summed E-state index contributed by atoms with van der Waals surface area (Å²) >= 11 is 3.63. The molecule has 1 aliphatic rings. The molecule has 5 rings (SSSR count). The van der Waals surface area contributed by atoms with Gasteiger partial charge in [0.25, 0.3) is 0 Å². The van der Waals surface area contributed by atoms with Crippen molar-refractivity contribution in [3.05, 3.63) is 121 Å². The number of cyclic esters (lactones) is 1. The maximum Gasteiger partial charge on any atom is 0.341 e. The molecule has 0 spiro atoms. The third kappa shape index (κ3) is 20.1. The number of rotatable bonds is 13. The first-order valence-electron chi connectivity index (χ1n) is 23.1. The summed E-state index contributed by atoms with van der Waals surface area (Å²) in [5.74, 6) is -8.01. The fraction of sp³-hybridized carbons (Fsp3) is 0.364. The van der Waals surface area contributed by atoms with Gasteiger partial charge >= 0.3 is 47.8 Å². The summed E-state index contributed by atoms with van der Waals surface area (Å²) in [6.07, 6.45) is 5.00. The van der Waals surface area contributed by atoms with Gasteiger partial charge in [-0.1, -0.05) is 0 Å². The van der Waals surface area contributed by atoms with Gasteiger partial charge in [0, 0.05) is 36.9 Å². The van der Waals surface area contributed by atoms with Crippen molar-refractivity contribution in [2.24, 2.45) is 0 Å². The Bertz CT molecular complexity index is 3050. The van der Waals surface area contributed by atoms with Crippen molar-refractivity contribution < 1.29 is 101 Å². The Labute approximate surface area is 467 Å². The number of esters is 5. The van der Waals surface area contributed by atoms with Gasteiger partial charge in [-0.25, -0.2) is 42.7 Å². The number of aldehydes is 3. The number of carboxylic acids is 3. The average Bonchev–Trinajstić information content (AvgIpc) is 3.61. The fourth-order valence-electron chi connectivity index (χ4n) is 6.31. The molecule has 0 aliphatic carbocycles. The molecule has 0 aromatic heterocycles. The Morgan fingerprint density at radius 3 is 1.15 bits per heavy atom. The molecular weight excluding hydrogens is 1100 g/mol. The minimum atomic E-state index is -1.36. The monoisotopic (exact) mass is 1160 g/mol. The second kappa shape index (κ2) is 28.0. The van der Waals surface area contributed by atoms with Crippen LogP contribution in [0.5, 0.6) is 0 Å². The van der Waals surface area contributed by atoms with Crippen molar-refractivity contribution in [1.82, 2.24) is 0 Å². The Hall–Kier alpha value is -7.41. The molecule has 1 atom stereocenters. The summed E-state index contributed by atoms with van der Waals surface area (Å²) < 4.78 is 39.6. The Morgan fingerprint density at radius 2 is 0.772 bits per heavy atom. The number of aromatic carboxylic acids is 3. The van der Waals surface area contributed by atoms with E-state index in [4.69, 9.17) is 34.3 Å². The van der Waals surface area contributed by atoms with Gasteiger partial charge in [0.2, 0.25) is 6.29 Å². The van der Waals surface area contributed by atoms with Crippen LogP contribution in [0.3, 0.4) is 0 Å². The molecule has 4 aromatic rings. The lowest BCUT2D eigenvalue weighted by Crippen LogP contribution is -2.26. The lowest BCUT2D eigenvalue weighted by Gasteiger charge is -2.22. The standard InChI is InChI=1S/C18H24O5S.C17H21FO5.2C10H8O5S/c1-17(2,3)22-15(20)12-9-14(24-7)13(8-11(12)10-19)16(21)23-18(4,5)6;1-16(2,3)22-14(20)11-8-13(18)12(7-10(11)9-19)15(21)23-17(4,5)6;1-16-7-3-5-4(2-6(7)8(11)12)9(13)15-10(5)14;1-16-8-3-6(9(12)13)5(4-11)2-7(8)10(14)15/h8-10H,1-7H3;7-9H,1-6H3;2-3,9,13H,1H3,(H,11,12);2-4H,1H3,(H,12,13)(H,14,15). The quantitative estimate of drug-likeness (QED) is 0.0418. The highest BCUT2D eigenvalue weighted by Gasteiger charge is 2.33. The number of fused-ring (bicyclic) bond motifs is 1. The van der Waals surface area contributed by atoms with Crippen LogP contribution >= 0.6 is 35.3 Å². The molecule has 1 unspecified atom stereocenters. The average molecular weight is 1160 g/mol. The lowest BCUT2D eigenvalue weighted by molar-refractivity contribution is -0.0548. The molecule has 0 radical (unpaired) electrons. The maximum absolute atomic E-state index is 14.2. The van der Waals surface area contributed by atoms with E-state index in [2.05, 4.69) is 4.74 Å². The number of hydrogen-bond donors (Lipinski definition) is 4. The summed E-state index contributed by atoms with van der Waals surface area (Å²) in [5.41, 5.74) is -3.13. The van der Waals surface area contributed by atoms with E-state index in [0.717, 1.165) is 30.0 Å². The van der Waals surface area contributed by atoms with Crippen LogP contribution in [0.15, 0.2) is 63.2 Å². The first-order chi connectivity index (χ1) is 36.3. The number of carboxylic acid groups (broad SMARTS) is 3. The Morgan fingerprint density at radius 1 is 0.468 bits per heavy atom. The number of carbonyl (C=O) groups is 11. The van der Waals surface area contributed by atoms with Crippen LogP contribution in [0.4, 0.5) is 4.39 Å². The smallest absolute Gasteiger partial charge is 0.341 e. The highest BCUT2D eigenvalue weighted by atomic mass is 32.2. The summed E-state index contributed by atoms with van der Waals surface area (Å²) in [7, 11) is 0. The van der Waals surface area contributed by atoms with Crippen LogP contribution in [-0.4, -0.2) is 128 Å². The second-order valence-corrected chi connectivity index (χ2v) is 22.9. The number of ether oxygens (including phenoxy) is 5. The van der Waals surface area contributed by atoms with Crippen LogP contribution in [0.1, 0.15) is 209 Å². The van der Waals surface area contributed by atoms with E-state index in [-0.39, 0.29) is 61.2 Å². The number of aliphatic hydroxyl groups excluding tert-OH is 1. The minimum Gasteiger partial charge on any atom is -0.478 e. The Balaban J connectivity index is 0.000000366. The normalized spacial score (nSPS) is 12.7. The molecule has 1 aliphatic heterocycles. The number of carbonyl (C=O) groups excluding carboxylic acids is 8. The zero-order chi connectivity index (χ0) is 60.9. The highest BCUT2D eigenvalue weighted by Crippen LogP contribution is 2.34. The maximum atomic E-state index is 14.2. The molecule has 0 amide bonds. The predicted molar refractivity (Wildman–Crippen MR) is 289 cm³/mol. The van der Waals surface area contributed by atoms with Gasteiger partial charge in [-0.2, -0.15) is 0 Å². The van der Waals surface area contributed by atoms with Crippen molar-refractivity contribution >= 4 is 102 Å². The molecule has 0 saturated carbocycles. The van der Waals surface area contributed by atoms with Gasteiger partial charge < -0.3 is 44.1 Å². The van der Waals surface area contributed by atoms with Crippen molar-refractivity contribution in [2.45, 2.75) is 126 Å². The molecule has 4 N–H and O–H groups in total. The summed E-state index contributed by atoms with van der Waals surface area (Å²) in [4.78, 5) is 127. The summed E-state index contributed by atoms with van der Waals surface area (Å²) in [6, 6.07) is 9.67. The zero-order valence-electron chi connectivity index (χ0n) is 45.9. The third-order valence-corrected chi connectivity index (χ3v) is 11.8. The van der Waals surface area contributed by atoms with E-state index in [1.54, 1.807) is 102 Å². The molecule has 0 saturated heterocycles. The van der Waals surface area contributed by atoms with Gasteiger partial charge in [-0.15, -0.1) is 35.3 Å². The van der Waals surface area contributed by atoms with E-state index in [0.29, 0.717) is 33.5 Å². The number of halogens is 1. The highest BCUT2D eigenvalue weighted by molar-refractivity contribution is 7.99. The Kier molecular flexibility index (Phi) is 24.0. The van der Waals surface area contributed by atoms with E-state index >= 15 is 0 Å². The van der Waals surface area contributed by atoms with Gasteiger partial charge in [0.15, 0.2) is 18.9 Å². The van der Waals surface area contributed by atoms with E-state index < -0.39 is 87.8 Å². The van der Waals surface area contributed by atoms with Crippen LogP contribution in [0, 0.1) is 5.82 Å². The number of aliphatic hydroxyl groups is 1. The van der Waals surface area contributed by atoms with E-state index in [9.17, 15) is 62.2 Å². The molecule has 24 heteroatoms. The summed E-state index contributed by atoms with van der Waals surface area (Å²) in [6.45, 7) is 20.4. The lowest BCUT2D eigenvalue weighted by atomic mass is 10.0. The first kappa shape index (κ1) is 67.7. The fourth-order valence-corrected chi connectivity index (χ4v) is 8.11. The molecule has 0 fully saturated rings. The SMILES string of the molecule is CC(C)(C)OC(=O)c1cc(C=O)c(C(=O)OC(C)(C)C)cc1F.CSc1cc(C(=O)O)c(C=O)cc1C(=O)O.CSc1cc(C(=O)OC(C)(C)C)c(C=O)cc1C(=O)OC(C)(C)C.CSc1cc2c(cc1C(=O)O)C(O)OC2=O. The van der Waals surface area contributed by atoms with Gasteiger partial charge in [-0.05, 0) is 150 Å². The predicted octanol–water partition coefficient (Wildman–Crippen LogP) is 10.6. The number of hydrogen-bond acceptors (Lipinski definition) is 20. The minimum absolute atomic E-state index is 0.0589. The van der Waals surface area contributed by atoms with Crippen LogP contribution in [-0.2, 0) is 23.7 Å². The summed E-state index contributed by atoms with van der Waals surface area (Å²) in [5, 5.41) is 36.0. The molecule has 0 bridgehead atoms. The van der Waals surface area contributed by atoms with Crippen LogP contribution in [0.2, 0.25) is 0 Å². The van der Waals surface area contributed by atoms with Crippen LogP contribution < -0.4 is 0 Å². The van der Waals surface area contributed by atoms with Gasteiger partial charge in [0.1, 0.15) is 28.2 Å². The number of benzene rings is 4. The molecular formula is C55H61FO20S3. The van der Waals surface area contributed by atoms with Crippen LogP contribution in [0.25, 0.3) is 0 Å². The largest absolute Gasteiger partial charge is 0.478 e. The number of thioether (sulfide) groups is 3. The first-order valence-corrected chi connectivity index (χ1v) is 26.8. The molecule has 1 heterocycles.